The van der Waals surface area contributed by atoms with E-state index < -0.39 is 137 Å². The first-order valence-electron chi connectivity index (χ1n) is 36.0. The topological polar surface area (TPSA) is 327 Å². The van der Waals surface area contributed by atoms with E-state index in [1.807, 2.05) is 0 Å². The van der Waals surface area contributed by atoms with Crippen LogP contribution in [-0.4, -0.2) is 157 Å². The number of carbonyl (C=O) groups is 4. The Bertz CT molecular complexity index is 1850. The zero-order chi connectivity index (χ0) is 66.2. The molecule has 2 saturated heterocycles. The number of ether oxygens (including phenoxy) is 5. The van der Waals surface area contributed by atoms with Gasteiger partial charge in [0, 0.05) is 6.42 Å². The van der Waals surface area contributed by atoms with Crippen molar-refractivity contribution in [1.82, 2.24) is 10.6 Å². The molecular weight excluding hydrogens is 1190 g/mol. The summed E-state index contributed by atoms with van der Waals surface area (Å²) in [7, 11) is -5.49. The minimum Gasteiger partial charge on any atom is -0.462 e. The van der Waals surface area contributed by atoms with Crippen molar-refractivity contribution in [3.8, 4) is 0 Å². The highest BCUT2D eigenvalue weighted by atomic mass is 31.2. The molecule has 2 aliphatic heterocycles. The maximum Gasteiger partial charge on any atom is 0.470 e. The van der Waals surface area contributed by atoms with Gasteiger partial charge in [-0.2, -0.15) is 0 Å². The lowest BCUT2D eigenvalue weighted by molar-refractivity contribution is -0.297. The van der Waals surface area contributed by atoms with Gasteiger partial charge >= 0.3 is 19.8 Å². The van der Waals surface area contributed by atoms with Crippen LogP contribution in [0.2, 0.25) is 0 Å². The van der Waals surface area contributed by atoms with E-state index in [2.05, 4.69) is 38.3 Å². The molecule has 538 valence electrons. The van der Waals surface area contributed by atoms with Gasteiger partial charge in [0.1, 0.15) is 48.7 Å². The second kappa shape index (κ2) is 54.7. The minimum absolute atomic E-state index is 0. The van der Waals surface area contributed by atoms with Crippen LogP contribution in [0.5, 0.6) is 0 Å². The van der Waals surface area contributed by atoms with E-state index in [9.17, 15) is 64.2 Å². The Labute approximate surface area is 549 Å². The summed E-state index contributed by atoms with van der Waals surface area (Å²) in [6.45, 7) is 7.00. The quantitative estimate of drug-likeness (QED) is 0.0154. The molecule has 2 heterocycles. The van der Waals surface area contributed by atoms with Crippen molar-refractivity contribution in [1.29, 1.82) is 0 Å². The number of aliphatic hydroxyl groups is 6. The van der Waals surface area contributed by atoms with E-state index >= 15 is 0 Å². The van der Waals surface area contributed by atoms with Crippen LogP contribution in [0.1, 0.15) is 324 Å². The molecule has 0 spiro atoms. The predicted molar refractivity (Wildman–Crippen MR) is 354 cm³/mol. The van der Waals surface area contributed by atoms with Gasteiger partial charge in [-0.05, 0) is 32.1 Å². The normalized spacial score (nSPS) is 22.8. The van der Waals surface area contributed by atoms with Crippen LogP contribution in [0.15, 0.2) is 0 Å². The minimum atomic E-state index is -5.49. The third-order valence-corrected chi connectivity index (χ3v) is 18.1. The summed E-state index contributed by atoms with van der Waals surface area (Å²) < 4.78 is 47.6. The molecule has 91 heavy (non-hydrogen) atoms. The largest absolute Gasteiger partial charge is 0.470 e. The fourth-order valence-electron chi connectivity index (χ4n) is 12.2. The molecule has 0 radical (unpaired) electrons. The van der Waals surface area contributed by atoms with Crippen LogP contribution in [0.4, 0.5) is 0 Å². The molecule has 13 atom stereocenters. The molecule has 2 fully saturated rings. The van der Waals surface area contributed by atoms with Gasteiger partial charge in [0.2, 0.25) is 11.8 Å². The van der Waals surface area contributed by atoms with Crippen molar-refractivity contribution in [2.45, 2.75) is 404 Å². The van der Waals surface area contributed by atoms with E-state index in [0.717, 1.165) is 128 Å². The summed E-state index contributed by atoms with van der Waals surface area (Å²) in [6, 6.07) is -3.26. The highest BCUT2D eigenvalue weighted by molar-refractivity contribution is 7.46. The van der Waals surface area contributed by atoms with Crippen LogP contribution in [0.3, 0.4) is 0 Å². The molecule has 0 aromatic heterocycles. The number of amides is 2. The highest BCUT2D eigenvalue weighted by Crippen LogP contribution is 2.42. The Morgan fingerprint density at radius 2 is 0.868 bits per heavy atom. The average molecular weight is 1330 g/mol. The Morgan fingerprint density at radius 1 is 0.473 bits per heavy atom. The molecule has 2 aliphatic rings. The van der Waals surface area contributed by atoms with Crippen molar-refractivity contribution in [2.24, 2.45) is 0 Å². The highest BCUT2D eigenvalue weighted by Gasteiger charge is 2.53. The monoisotopic (exact) mass is 1320 g/mol. The number of phosphoric acid groups is 1. The number of aliphatic hydroxyl groups excluding tert-OH is 6. The molecule has 22 heteroatoms. The van der Waals surface area contributed by atoms with Gasteiger partial charge in [-0.3, -0.25) is 23.7 Å². The fraction of sp³-hybridized carbons (Fsp3) is 0.942. The van der Waals surface area contributed by atoms with Crippen molar-refractivity contribution < 1.29 is 92.4 Å². The Kier molecular flexibility index (Phi) is 52.1. The van der Waals surface area contributed by atoms with Gasteiger partial charge < -0.3 is 74.7 Å². The molecule has 21 nitrogen and oxygen atoms in total. The first-order valence-corrected chi connectivity index (χ1v) is 37.6. The summed E-state index contributed by atoms with van der Waals surface area (Å²) in [6.07, 6.45) is 22.7. The zero-order valence-electron chi connectivity index (χ0n) is 56.3. The van der Waals surface area contributed by atoms with Crippen LogP contribution >= 0.6 is 7.82 Å². The standard InChI is InChI=1S/C68H129N2O19P.CH4/c1-5-9-13-17-21-25-26-30-34-38-42-46-59(76)85-54(45-41-37-33-29-24-20-16-12-8-4)49-58(75)70-62-66(88-60(77)48-53(73)44-40-36-32-28-23-19-15-11-7-3)65(89-90(81,82)83)55(50-71)87-68(62)84-51-56-63(78)64(79)61(67(80)86-56)69-57(74)47-52(72)43-39-35-31-27-22-18-14-10-6-2;/h52-56,61-68,71-73,78-80H,5-51H2,1-4H3,(H,69,74)(H,70,75)(H2,81,82,83);1H4/t52-,53-,54-,55?,56?,61?,62?,63-,64-,65-,66-,67+,68-;/m1./s1. The number of nitrogens with one attached hydrogen (secondary N) is 2. The zero-order valence-corrected chi connectivity index (χ0v) is 57.1. The van der Waals surface area contributed by atoms with E-state index in [0.29, 0.717) is 38.5 Å². The number of phosphoric ester groups is 1. The van der Waals surface area contributed by atoms with Crippen LogP contribution < -0.4 is 10.6 Å². The van der Waals surface area contributed by atoms with E-state index in [-0.39, 0.29) is 26.7 Å². The van der Waals surface area contributed by atoms with Crippen molar-refractivity contribution in [3.05, 3.63) is 0 Å². The smallest absolute Gasteiger partial charge is 0.462 e. The van der Waals surface area contributed by atoms with Crippen LogP contribution in [-0.2, 0) is 52.0 Å². The van der Waals surface area contributed by atoms with Gasteiger partial charge in [-0.25, -0.2) is 4.57 Å². The molecule has 0 aliphatic carbocycles. The summed E-state index contributed by atoms with van der Waals surface area (Å²) in [5.41, 5.74) is 0. The SMILES string of the molecule is C.CCCCCCCCCCCCCC(=O)O[C@H](CCCCCCCCCCC)CC(=O)NC1[C@H](OCC2O[C@H](O)C(NC(=O)C[C@H](O)CCCCCCCCCCC)[C@@H](O)[C@@H]2O)OC(CO)[C@@H](OP(=O)(O)O)[C@@H]1OC(=O)C[C@H](O)CCCCCCCCCCC. The molecule has 0 aromatic rings. The third kappa shape index (κ3) is 42.0. The summed E-state index contributed by atoms with van der Waals surface area (Å²) >= 11 is 0. The second-order valence-corrected chi connectivity index (χ2v) is 27.2. The van der Waals surface area contributed by atoms with Crippen molar-refractivity contribution >= 4 is 31.6 Å². The molecule has 4 unspecified atom stereocenters. The first-order chi connectivity index (χ1) is 43.4. The number of hydrogen-bond donors (Lipinski definition) is 10. The third-order valence-electron chi connectivity index (χ3n) is 17.6. The Balaban J connectivity index is 0.0000414. The van der Waals surface area contributed by atoms with Crippen molar-refractivity contribution in [2.75, 3.05) is 13.2 Å². The van der Waals surface area contributed by atoms with Gasteiger partial charge in [-0.1, -0.05) is 266 Å². The lowest BCUT2D eigenvalue weighted by atomic mass is 9.95. The van der Waals surface area contributed by atoms with E-state index in [4.69, 9.17) is 28.2 Å². The molecule has 0 bridgehead atoms. The molecular formula is C69H133N2O19P. The fourth-order valence-corrected chi connectivity index (χ4v) is 12.7. The number of carbonyl (C=O) groups excluding carboxylic acids is 4. The van der Waals surface area contributed by atoms with E-state index in [1.54, 1.807) is 0 Å². The van der Waals surface area contributed by atoms with Crippen LogP contribution in [0.25, 0.3) is 0 Å². The Morgan fingerprint density at radius 3 is 1.31 bits per heavy atom. The lowest BCUT2D eigenvalue weighted by Gasteiger charge is -2.46. The van der Waals surface area contributed by atoms with Crippen LogP contribution in [0, 0.1) is 0 Å². The maximum absolute atomic E-state index is 14.5. The summed E-state index contributed by atoms with van der Waals surface area (Å²) in [5, 5.41) is 71.4. The second-order valence-electron chi connectivity index (χ2n) is 26.0. The number of esters is 2. The molecule has 0 saturated carbocycles. The van der Waals surface area contributed by atoms with E-state index in [1.165, 1.54) is 89.9 Å². The maximum atomic E-state index is 14.5. The average Bonchev–Trinajstić information content (AvgIpc) is 0.861. The van der Waals surface area contributed by atoms with Crippen molar-refractivity contribution in [3.63, 3.8) is 0 Å². The molecule has 10 N–H and O–H groups in total. The summed E-state index contributed by atoms with van der Waals surface area (Å²) in [4.78, 5) is 75.4. The predicted octanol–water partition coefficient (Wildman–Crippen LogP) is 12.4. The number of unbranched alkanes of at least 4 members (excludes halogenated alkanes) is 34. The molecule has 2 rings (SSSR count). The number of rotatable bonds is 58. The lowest BCUT2D eigenvalue weighted by Crippen LogP contribution is -2.67. The number of hydrogen-bond acceptors (Lipinski definition) is 17. The van der Waals surface area contributed by atoms with Gasteiger partial charge in [0.15, 0.2) is 18.7 Å². The molecule has 0 aromatic carbocycles. The molecule has 2 amide bonds. The summed E-state index contributed by atoms with van der Waals surface area (Å²) in [5.74, 6) is -2.98. The van der Waals surface area contributed by atoms with Gasteiger partial charge in [0.05, 0.1) is 44.7 Å². The first kappa shape index (κ1) is 86.6. The Hall–Kier alpha value is -2.37. The van der Waals surface area contributed by atoms with Gasteiger partial charge in [0.25, 0.3) is 0 Å². The van der Waals surface area contributed by atoms with Gasteiger partial charge in [-0.15, -0.1) is 0 Å².